The Labute approximate surface area is 93.2 Å². The Morgan fingerprint density at radius 2 is 2.12 bits per heavy atom. The van der Waals surface area contributed by atoms with E-state index in [1.54, 1.807) is 6.07 Å². The summed E-state index contributed by atoms with van der Waals surface area (Å²) in [4.78, 5) is 35.7. The first kappa shape index (κ1) is 12.2. The molecule has 1 saturated heterocycles. The van der Waals surface area contributed by atoms with Gasteiger partial charge in [-0.2, -0.15) is 5.26 Å². The van der Waals surface area contributed by atoms with Crippen LogP contribution in [0.3, 0.4) is 0 Å². The predicted molar refractivity (Wildman–Crippen MR) is 53.7 cm³/mol. The summed E-state index contributed by atoms with van der Waals surface area (Å²) in [5.74, 6) is -2.42. The maximum atomic E-state index is 11.8. The monoisotopic (exact) mass is 223 g/mol. The largest absolute Gasteiger partial charge is 0.318 e. The fourth-order valence-electron chi connectivity index (χ4n) is 1.43. The molecule has 3 amide bonds. The summed E-state index contributed by atoms with van der Waals surface area (Å²) >= 11 is 0. The minimum atomic E-state index is -1.10. The summed E-state index contributed by atoms with van der Waals surface area (Å²) in [5.41, 5.74) is -1.10. The lowest BCUT2D eigenvalue weighted by Crippen LogP contribution is -2.66. The van der Waals surface area contributed by atoms with Gasteiger partial charge in [-0.25, -0.2) is 0 Å². The van der Waals surface area contributed by atoms with E-state index < -0.39 is 29.2 Å². The van der Waals surface area contributed by atoms with E-state index >= 15 is 0 Å². The number of hydrogen-bond acceptors (Lipinski definition) is 4. The number of nitrogens with one attached hydrogen (secondary N) is 1. The van der Waals surface area contributed by atoms with E-state index in [0.717, 1.165) is 4.90 Å². The molecule has 0 aromatic carbocycles. The number of carbonyl (C=O) groups is 3. The summed E-state index contributed by atoms with van der Waals surface area (Å²) in [6.45, 7) is 4.33. The molecule has 0 aliphatic carbocycles. The average molecular weight is 223 g/mol. The Morgan fingerprint density at radius 1 is 1.56 bits per heavy atom. The molecule has 1 heterocycles. The molecule has 1 N–H and O–H groups in total. The molecule has 0 aromatic rings. The Morgan fingerprint density at radius 3 is 2.62 bits per heavy atom. The van der Waals surface area contributed by atoms with Gasteiger partial charge in [-0.15, -0.1) is 0 Å². The molecule has 1 atom stereocenters. The van der Waals surface area contributed by atoms with Crippen LogP contribution in [0.2, 0.25) is 0 Å². The van der Waals surface area contributed by atoms with E-state index in [9.17, 15) is 14.4 Å². The zero-order valence-corrected chi connectivity index (χ0v) is 9.40. The summed E-state index contributed by atoms with van der Waals surface area (Å²) in [6.07, 6.45) is 0. The van der Waals surface area contributed by atoms with Crippen LogP contribution < -0.4 is 5.32 Å². The van der Waals surface area contributed by atoms with Crippen molar-refractivity contribution in [1.82, 2.24) is 10.2 Å². The Kier molecular flexibility index (Phi) is 2.99. The Bertz CT molecular complexity index is 395. The van der Waals surface area contributed by atoms with Crippen molar-refractivity contribution < 1.29 is 14.4 Å². The summed E-state index contributed by atoms with van der Waals surface area (Å²) < 4.78 is 0. The van der Waals surface area contributed by atoms with Crippen LogP contribution in [0.25, 0.3) is 0 Å². The van der Waals surface area contributed by atoms with Crippen LogP contribution in [-0.2, 0) is 14.4 Å². The molecule has 6 nitrogen and oxygen atoms in total. The average Bonchev–Trinajstić information content (AvgIpc) is 2.21. The van der Waals surface area contributed by atoms with Gasteiger partial charge >= 0.3 is 0 Å². The van der Waals surface area contributed by atoms with E-state index in [0.29, 0.717) is 0 Å². The number of amides is 3. The van der Waals surface area contributed by atoms with Crippen molar-refractivity contribution in [2.45, 2.75) is 26.3 Å². The van der Waals surface area contributed by atoms with E-state index in [1.807, 2.05) is 0 Å². The van der Waals surface area contributed by atoms with Crippen molar-refractivity contribution in [1.29, 1.82) is 5.26 Å². The molecule has 0 aromatic heterocycles. The fraction of sp³-hybridized carbons (Fsp3) is 0.600. The quantitative estimate of drug-likeness (QED) is 0.601. The maximum Gasteiger partial charge on any atom is 0.252 e. The zero-order valence-electron chi connectivity index (χ0n) is 9.40. The Hall–Kier alpha value is -1.90. The molecule has 0 radical (unpaired) electrons. The smallest absolute Gasteiger partial charge is 0.252 e. The lowest BCUT2D eigenvalue weighted by atomic mass is 9.96. The predicted octanol–water partition coefficient (Wildman–Crippen LogP) is -0.590. The van der Waals surface area contributed by atoms with E-state index in [2.05, 4.69) is 5.32 Å². The Balaban J connectivity index is 3.02. The third kappa shape index (κ3) is 1.89. The maximum absolute atomic E-state index is 11.8. The second kappa shape index (κ2) is 3.93. The van der Waals surface area contributed by atoms with Gasteiger partial charge in [-0.05, 0) is 20.8 Å². The number of rotatable bonds is 1. The third-order valence-corrected chi connectivity index (χ3v) is 2.62. The molecule has 0 bridgehead atoms. The first-order valence-electron chi connectivity index (χ1n) is 4.86. The molecule has 1 unspecified atom stereocenters. The minimum absolute atomic E-state index is 0.191. The molecule has 1 fully saturated rings. The number of piperazine rings is 1. The molecule has 0 spiro atoms. The van der Waals surface area contributed by atoms with Gasteiger partial charge in [0.25, 0.3) is 5.91 Å². The number of nitriles is 1. The van der Waals surface area contributed by atoms with Gasteiger partial charge in [0.15, 0.2) is 0 Å². The molecule has 1 rings (SSSR count). The van der Waals surface area contributed by atoms with Crippen LogP contribution in [-0.4, -0.2) is 34.7 Å². The van der Waals surface area contributed by atoms with Gasteiger partial charge in [0.1, 0.15) is 18.0 Å². The number of nitrogens with zero attached hydrogens (tertiary/aromatic N) is 2. The number of carbonyl (C=O) groups excluding carboxylic acids is 3. The van der Waals surface area contributed by atoms with Crippen molar-refractivity contribution >= 4 is 17.7 Å². The third-order valence-electron chi connectivity index (χ3n) is 2.62. The van der Waals surface area contributed by atoms with E-state index in [1.165, 1.54) is 20.8 Å². The first-order valence-corrected chi connectivity index (χ1v) is 4.86. The molecular formula is C10H13N3O3. The van der Waals surface area contributed by atoms with Crippen LogP contribution in [0.5, 0.6) is 0 Å². The highest BCUT2D eigenvalue weighted by atomic mass is 16.2. The zero-order chi connectivity index (χ0) is 12.5. The van der Waals surface area contributed by atoms with Gasteiger partial charge in [-0.1, -0.05) is 0 Å². The standard InChI is InChI=1S/C10H13N3O3/c1-6(4-11)8(15)13-5-7(14)12-9(16)10(13,2)3/h6H,5H2,1-3H3,(H,12,14,16). The van der Waals surface area contributed by atoms with Crippen LogP contribution in [0.15, 0.2) is 0 Å². The topological polar surface area (TPSA) is 90.3 Å². The highest BCUT2D eigenvalue weighted by Gasteiger charge is 2.44. The van der Waals surface area contributed by atoms with Crippen molar-refractivity contribution in [3.05, 3.63) is 0 Å². The second-order valence-corrected chi connectivity index (χ2v) is 4.21. The number of hydrogen-bond donors (Lipinski definition) is 1. The highest BCUT2D eigenvalue weighted by molar-refractivity contribution is 6.06. The van der Waals surface area contributed by atoms with Crippen LogP contribution in [0.1, 0.15) is 20.8 Å². The lowest BCUT2D eigenvalue weighted by Gasteiger charge is -2.40. The van der Waals surface area contributed by atoms with Crippen LogP contribution in [0.4, 0.5) is 0 Å². The second-order valence-electron chi connectivity index (χ2n) is 4.21. The van der Waals surface area contributed by atoms with Crippen molar-refractivity contribution in [2.24, 2.45) is 5.92 Å². The molecule has 86 valence electrons. The van der Waals surface area contributed by atoms with E-state index in [-0.39, 0.29) is 6.54 Å². The summed E-state index contributed by atoms with van der Waals surface area (Å²) in [7, 11) is 0. The van der Waals surface area contributed by atoms with Crippen molar-refractivity contribution in [3.8, 4) is 6.07 Å². The van der Waals surface area contributed by atoms with Gasteiger partial charge < -0.3 is 4.90 Å². The summed E-state index contributed by atoms with van der Waals surface area (Å²) in [5, 5.41) is 10.8. The van der Waals surface area contributed by atoms with Crippen LogP contribution >= 0.6 is 0 Å². The molecule has 16 heavy (non-hydrogen) atoms. The SMILES string of the molecule is CC(C#N)C(=O)N1CC(=O)NC(=O)C1(C)C. The number of imide groups is 1. The summed E-state index contributed by atoms with van der Waals surface area (Å²) in [6, 6.07) is 1.80. The lowest BCUT2D eigenvalue weighted by molar-refractivity contribution is -0.156. The normalized spacial score (nSPS) is 21.0. The minimum Gasteiger partial charge on any atom is -0.318 e. The molecule has 1 aliphatic rings. The van der Waals surface area contributed by atoms with Gasteiger partial charge in [0.2, 0.25) is 11.8 Å². The van der Waals surface area contributed by atoms with Crippen molar-refractivity contribution in [3.63, 3.8) is 0 Å². The first-order chi connectivity index (χ1) is 7.30. The van der Waals surface area contributed by atoms with Gasteiger partial charge in [-0.3, -0.25) is 19.7 Å². The molecular weight excluding hydrogens is 210 g/mol. The molecule has 0 saturated carbocycles. The molecule has 1 aliphatic heterocycles. The van der Waals surface area contributed by atoms with Gasteiger partial charge in [0.05, 0.1) is 6.07 Å². The van der Waals surface area contributed by atoms with Gasteiger partial charge in [0, 0.05) is 0 Å². The van der Waals surface area contributed by atoms with E-state index in [4.69, 9.17) is 5.26 Å². The van der Waals surface area contributed by atoms with Crippen molar-refractivity contribution in [2.75, 3.05) is 6.54 Å². The highest BCUT2D eigenvalue weighted by Crippen LogP contribution is 2.20. The van der Waals surface area contributed by atoms with Crippen LogP contribution in [0, 0.1) is 17.2 Å². The fourth-order valence-corrected chi connectivity index (χ4v) is 1.43. The molecule has 6 heteroatoms.